The van der Waals surface area contributed by atoms with Crippen molar-refractivity contribution in [2.75, 3.05) is 18.5 Å². The highest BCUT2D eigenvalue weighted by Gasteiger charge is 2.34. The lowest BCUT2D eigenvalue weighted by Crippen LogP contribution is -2.47. The summed E-state index contributed by atoms with van der Waals surface area (Å²) in [7, 11) is 0. The van der Waals surface area contributed by atoms with Crippen LogP contribution in [-0.2, 0) is 14.3 Å². The minimum absolute atomic E-state index is 0.0266. The predicted octanol–water partition coefficient (Wildman–Crippen LogP) is 3.76. The van der Waals surface area contributed by atoms with Crippen molar-refractivity contribution in [1.82, 2.24) is 10.2 Å². The van der Waals surface area contributed by atoms with Crippen molar-refractivity contribution in [1.29, 1.82) is 0 Å². The van der Waals surface area contributed by atoms with Crippen LogP contribution in [-0.4, -0.2) is 35.0 Å². The Labute approximate surface area is 172 Å². The first kappa shape index (κ1) is 21.9. The summed E-state index contributed by atoms with van der Waals surface area (Å²) < 4.78 is 5.30. The van der Waals surface area contributed by atoms with Crippen LogP contribution in [0.25, 0.3) is 0 Å². The molecule has 28 heavy (non-hydrogen) atoms. The Morgan fingerprint density at radius 3 is 2.64 bits per heavy atom. The molecule has 152 valence electrons. The van der Waals surface area contributed by atoms with Crippen LogP contribution < -0.4 is 10.6 Å². The van der Waals surface area contributed by atoms with Gasteiger partial charge in [0, 0.05) is 23.8 Å². The van der Waals surface area contributed by atoms with Gasteiger partial charge in [0.1, 0.15) is 0 Å². The average molecular weight is 404 g/mol. The first-order valence-corrected chi connectivity index (χ1v) is 10.1. The normalized spacial score (nSPS) is 17.8. The Kier molecular flexibility index (Phi) is 7.57. The van der Waals surface area contributed by atoms with Crippen molar-refractivity contribution < 1.29 is 14.3 Å². The molecule has 1 aliphatic heterocycles. The summed E-state index contributed by atoms with van der Waals surface area (Å²) in [5.41, 5.74) is 2.84. The number of hydrogen-bond donors (Lipinski definition) is 2. The SMILES string of the molecule is CCOC(=O)C1=C(C)N(CC)C(=S)NC1c1cccc(NC(=O)C(C)CC)c1. The Bertz CT molecular complexity index is 791. The highest BCUT2D eigenvalue weighted by Crippen LogP contribution is 2.32. The Balaban J connectivity index is 2.42. The molecule has 0 spiro atoms. The number of nitrogens with zero attached hydrogens (tertiary/aromatic N) is 1. The van der Waals surface area contributed by atoms with E-state index in [1.165, 1.54) is 0 Å². The quantitative estimate of drug-likeness (QED) is 0.534. The van der Waals surface area contributed by atoms with Crippen LogP contribution in [0.3, 0.4) is 0 Å². The van der Waals surface area contributed by atoms with Gasteiger partial charge >= 0.3 is 5.97 Å². The molecule has 6 nitrogen and oxygen atoms in total. The lowest BCUT2D eigenvalue weighted by Gasteiger charge is -2.37. The number of rotatable bonds is 7. The molecule has 0 aromatic heterocycles. The van der Waals surface area contributed by atoms with Crippen molar-refractivity contribution in [2.24, 2.45) is 5.92 Å². The van der Waals surface area contributed by atoms with Crippen LogP contribution >= 0.6 is 12.2 Å². The van der Waals surface area contributed by atoms with Gasteiger partial charge in [-0.05, 0) is 57.1 Å². The third kappa shape index (κ3) is 4.70. The summed E-state index contributed by atoms with van der Waals surface area (Å²) in [6.07, 6.45) is 0.770. The molecule has 1 amide bonds. The molecule has 2 unspecified atom stereocenters. The van der Waals surface area contributed by atoms with Crippen LogP contribution in [0, 0.1) is 5.92 Å². The first-order chi connectivity index (χ1) is 13.3. The maximum Gasteiger partial charge on any atom is 0.338 e. The largest absolute Gasteiger partial charge is 0.463 e. The molecule has 0 aliphatic carbocycles. The zero-order valence-electron chi connectivity index (χ0n) is 17.2. The zero-order chi connectivity index (χ0) is 20.8. The van der Waals surface area contributed by atoms with E-state index in [2.05, 4.69) is 10.6 Å². The van der Waals surface area contributed by atoms with Crippen molar-refractivity contribution in [2.45, 2.75) is 47.1 Å². The van der Waals surface area contributed by atoms with Crippen molar-refractivity contribution in [3.63, 3.8) is 0 Å². The topological polar surface area (TPSA) is 70.7 Å². The molecule has 7 heteroatoms. The van der Waals surface area contributed by atoms with E-state index in [-0.39, 0.29) is 17.8 Å². The number of allylic oxidation sites excluding steroid dienone is 1. The number of thiocarbonyl (C=S) groups is 1. The minimum Gasteiger partial charge on any atom is -0.463 e. The van der Waals surface area contributed by atoms with Gasteiger partial charge in [0.25, 0.3) is 0 Å². The second kappa shape index (κ2) is 9.68. The Morgan fingerprint density at radius 1 is 1.32 bits per heavy atom. The van der Waals surface area contributed by atoms with Crippen molar-refractivity contribution in [3.8, 4) is 0 Å². The second-order valence-corrected chi connectivity index (χ2v) is 7.16. The van der Waals surface area contributed by atoms with E-state index < -0.39 is 6.04 Å². The second-order valence-electron chi connectivity index (χ2n) is 6.77. The first-order valence-electron chi connectivity index (χ1n) is 9.70. The highest BCUT2D eigenvalue weighted by atomic mass is 32.1. The van der Waals surface area contributed by atoms with Crippen LogP contribution in [0.2, 0.25) is 0 Å². The van der Waals surface area contributed by atoms with Crippen LogP contribution in [0.4, 0.5) is 5.69 Å². The van der Waals surface area contributed by atoms with Gasteiger partial charge in [0.15, 0.2) is 5.11 Å². The molecule has 0 fully saturated rings. The van der Waals surface area contributed by atoms with E-state index in [1.54, 1.807) is 6.92 Å². The van der Waals surface area contributed by atoms with Gasteiger partial charge in [-0.3, -0.25) is 4.79 Å². The molecule has 0 bridgehead atoms. The molecule has 1 aliphatic rings. The van der Waals surface area contributed by atoms with E-state index in [0.29, 0.717) is 29.5 Å². The number of carbonyl (C=O) groups excluding carboxylic acids is 2. The van der Waals surface area contributed by atoms with Crippen molar-refractivity contribution >= 4 is 34.9 Å². The number of amides is 1. The number of nitrogens with one attached hydrogen (secondary N) is 2. The fraction of sp³-hybridized carbons (Fsp3) is 0.476. The summed E-state index contributed by atoms with van der Waals surface area (Å²) in [5, 5.41) is 6.76. The van der Waals surface area contributed by atoms with E-state index in [0.717, 1.165) is 17.7 Å². The fourth-order valence-corrected chi connectivity index (χ4v) is 3.52. The molecule has 1 aromatic carbocycles. The lowest BCUT2D eigenvalue weighted by atomic mass is 9.94. The van der Waals surface area contributed by atoms with Crippen LogP contribution in [0.1, 0.15) is 52.6 Å². The number of hydrogen-bond acceptors (Lipinski definition) is 4. The maximum atomic E-state index is 12.7. The molecular weight excluding hydrogens is 374 g/mol. The van der Waals surface area contributed by atoms with Crippen LogP contribution in [0.5, 0.6) is 0 Å². The van der Waals surface area contributed by atoms with Crippen LogP contribution in [0.15, 0.2) is 35.5 Å². The summed E-state index contributed by atoms with van der Waals surface area (Å²) >= 11 is 5.50. The van der Waals surface area contributed by atoms with E-state index in [9.17, 15) is 9.59 Å². The molecule has 2 rings (SSSR count). The number of ether oxygens (including phenoxy) is 1. The Hall–Kier alpha value is -2.41. The van der Waals surface area contributed by atoms with E-state index in [1.807, 2.05) is 56.9 Å². The molecule has 0 saturated carbocycles. The van der Waals surface area contributed by atoms with Gasteiger partial charge in [0.05, 0.1) is 18.2 Å². The average Bonchev–Trinajstić information content (AvgIpc) is 2.67. The molecular formula is C21H29N3O3S. The van der Waals surface area contributed by atoms with Gasteiger partial charge in [-0.25, -0.2) is 4.79 Å². The van der Waals surface area contributed by atoms with Crippen molar-refractivity contribution in [3.05, 3.63) is 41.1 Å². The smallest absolute Gasteiger partial charge is 0.338 e. The molecule has 0 saturated heterocycles. The predicted molar refractivity (Wildman–Crippen MR) is 115 cm³/mol. The molecule has 0 radical (unpaired) electrons. The molecule has 1 aromatic rings. The number of benzene rings is 1. The summed E-state index contributed by atoms with van der Waals surface area (Å²) in [5.74, 6) is -0.465. The maximum absolute atomic E-state index is 12.7. The lowest BCUT2D eigenvalue weighted by molar-refractivity contribution is -0.139. The molecule has 1 heterocycles. The third-order valence-electron chi connectivity index (χ3n) is 4.96. The minimum atomic E-state index is -0.435. The fourth-order valence-electron chi connectivity index (χ4n) is 3.13. The molecule has 2 N–H and O–H groups in total. The summed E-state index contributed by atoms with van der Waals surface area (Å²) in [6, 6.07) is 7.04. The molecule has 2 atom stereocenters. The summed E-state index contributed by atoms with van der Waals surface area (Å²) in [4.78, 5) is 26.8. The highest BCUT2D eigenvalue weighted by molar-refractivity contribution is 7.80. The number of esters is 1. The summed E-state index contributed by atoms with van der Waals surface area (Å²) in [6.45, 7) is 10.5. The van der Waals surface area contributed by atoms with Gasteiger partial charge in [-0.2, -0.15) is 0 Å². The van der Waals surface area contributed by atoms with E-state index >= 15 is 0 Å². The number of carbonyl (C=O) groups is 2. The van der Waals surface area contributed by atoms with Gasteiger partial charge in [-0.15, -0.1) is 0 Å². The monoisotopic (exact) mass is 403 g/mol. The number of anilines is 1. The third-order valence-corrected chi connectivity index (χ3v) is 5.29. The van der Waals surface area contributed by atoms with Gasteiger partial charge in [-0.1, -0.05) is 26.0 Å². The van der Waals surface area contributed by atoms with E-state index in [4.69, 9.17) is 17.0 Å². The van der Waals surface area contributed by atoms with Gasteiger partial charge < -0.3 is 20.3 Å². The zero-order valence-corrected chi connectivity index (χ0v) is 18.0. The standard InChI is InChI=1S/C21H29N3O3S/c1-6-13(4)19(25)22-16-11-9-10-15(12-16)18-17(20(26)27-8-3)14(5)24(7-2)21(28)23-18/h9-13,18H,6-8H2,1-5H3,(H,22,25)(H,23,28). The van der Waals surface area contributed by atoms with Gasteiger partial charge in [0.2, 0.25) is 5.91 Å². The Morgan fingerprint density at radius 2 is 2.04 bits per heavy atom.